The topological polar surface area (TPSA) is 81.7 Å². The second kappa shape index (κ2) is 8.61. The zero-order valence-corrected chi connectivity index (χ0v) is 12.1. The van der Waals surface area contributed by atoms with Crippen molar-refractivity contribution in [1.82, 2.24) is 15.5 Å². The highest BCUT2D eigenvalue weighted by Gasteiger charge is 2.05. The van der Waals surface area contributed by atoms with Crippen LogP contribution < -0.4 is 10.6 Å². The molecule has 0 fully saturated rings. The SMILES string of the molecule is CN(C)C(=O)NCCNC(=O)c1ccc(C#CCO)cc1. The number of benzene rings is 1. The molecule has 0 aliphatic heterocycles. The predicted molar refractivity (Wildman–Crippen MR) is 79.8 cm³/mol. The first-order valence-electron chi connectivity index (χ1n) is 6.47. The number of amides is 3. The standard InChI is InChI=1S/C15H19N3O3/c1-18(2)15(21)17-10-9-16-14(20)13-7-5-12(6-8-13)4-3-11-19/h5-8,19H,9-11H2,1-2H3,(H,16,20)(H,17,21). The largest absolute Gasteiger partial charge is 0.384 e. The lowest BCUT2D eigenvalue weighted by Gasteiger charge is -2.12. The third-order valence-electron chi connectivity index (χ3n) is 2.55. The van der Waals surface area contributed by atoms with Gasteiger partial charge in [0.15, 0.2) is 0 Å². The average Bonchev–Trinajstić information content (AvgIpc) is 2.49. The van der Waals surface area contributed by atoms with Crippen LogP contribution in [-0.4, -0.2) is 55.7 Å². The van der Waals surface area contributed by atoms with E-state index in [1.165, 1.54) is 4.90 Å². The highest BCUT2D eigenvalue weighted by molar-refractivity contribution is 5.94. The molecule has 0 aliphatic carbocycles. The van der Waals surface area contributed by atoms with Gasteiger partial charge in [-0.2, -0.15) is 0 Å². The van der Waals surface area contributed by atoms with Gasteiger partial charge in [0.25, 0.3) is 5.91 Å². The Kier molecular flexibility index (Phi) is 6.78. The van der Waals surface area contributed by atoms with Crippen molar-refractivity contribution in [2.75, 3.05) is 33.8 Å². The Hall–Kier alpha value is -2.52. The first kappa shape index (κ1) is 16.5. The van der Waals surface area contributed by atoms with E-state index in [-0.39, 0.29) is 18.5 Å². The smallest absolute Gasteiger partial charge is 0.316 e. The van der Waals surface area contributed by atoms with Gasteiger partial charge in [0.05, 0.1) is 0 Å². The summed E-state index contributed by atoms with van der Waals surface area (Å²) in [5.41, 5.74) is 1.25. The molecule has 0 saturated carbocycles. The van der Waals surface area contributed by atoms with Gasteiger partial charge < -0.3 is 20.6 Å². The molecule has 0 atom stereocenters. The molecule has 0 saturated heterocycles. The number of carbonyl (C=O) groups is 2. The zero-order valence-electron chi connectivity index (χ0n) is 12.1. The number of aliphatic hydroxyl groups excluding tert-OH is 1. The fraction of sp³-hybridized carbons (Fsp3) is 0.333. The van der Waals surface area contributed by atoms with E-state index in [9.17, 15) is 9.59 Å². The molecular formula is C15H19N3O3. The van der Waals surface area contributed by atoms with Crippen LogP contribution in [0.2, 0.25) is 0 Å². The number of rotatable bonds is 4. The van der Waals surface area contributed by atoms with Crippen molar-refractivity contribution >= 4 is 11.9 Å². The number of nitrogens with one attached hydrogen (secondary N) is 2. The van der Waals surface area contributed by atoms with Crippen LogP contribution in [0.15, 0.2) is 24.3 Å². The van der Waals surface area contributed by atoms with E-state index in [0.717, 1.165) is 5.56 Å². The molecule has 6 nitrogen and oxygen atoms in total. The molecule has 0 heterocycles. The number of hydrogen-bond donors (Lipinski definition) is 3. The van der Waals surface area contributed by atoms with Gasteiger partial charge in [-0.05, 0) is 24.3 Å². The van der Waals surface area contributed by atoms with Crippen LogP contribution in [0.4, 0.5) is 4.79 Å². The minimum absolute atomic E-state index is 0.194. The minimum atomic E-state index is -0.212. The lowest BCUT2D eigenvalue weighted by Crippen LogP contribution is -2.39. The third kappa shape index (κ3) is 5.97. The molecule has 0 spiro atoms. The fourth-order valence-corrected chi connectivity index (χ4v) is 1.45. The lowest BCUT2D eigenvalue weighted by molar-refractivity contribution is 0.0953. The minimum Gasteiger partial charge on any atom is -0.384 e. The summed E-state index contributed by atoms with van der Waals surface area (Å²) < 4.78 is 0. The molecule has 0 bridgehead atoms. The molecule has 21 heavy (non-hydrogen) atoms. The van der Waals surface area contributed by atoms with E-state index in [0.29, 0.717) is 18.7 Å². The van der Waals surface area contributed by atoms with Gasteiger partial charge in [-0.3, -0.25) is 4.79 Å². The van der Waals surface area contributed by atoms with Gasteiger partial charge in [-0.15, -0.1) is 0 Å². The molecule has 6 heteroatoms. The third-order valence-corrected chi connectivity index (χ3v) is 2.55. The zero-order chi connectivity index (χ0) is 15.7. The molecule has 112 valence electrons. The summed E-state index contributed by atoms with van der Waals surface area (Å²) in [5.74, 6) is 5.08. The van der Waals surface area contributed by atoms with E-state index in [1.807, 2.05) is 0 Å². The maximum absolute atomic E-state index is 11.8. The van der Waals surface area contributed by atoms with Gasteiger partial charge in [0.1, 0.15) is 6.61 Å². The number of hydrogen-bond acceptors (Lipinski definition) is 3. The molecule has 1 aromatic rings. The van der Waals surface area contributed by atoms with Crippen LogP contribution >= 0.6 is 0 Å². The Morgan fingerprint density at radius 1 is 1.14 bits per heavy atom. The lowest BCUT2D eigenvalue weighted by atomic mass is 10.1. The molecule has 3 amide bonds. The summed E-state index contributed by atoms with van der Waals surface area (Å²) in [4.78, 5) is 24.5. The average molecular weight is 289 g/mol. The van der Waals surface area contributed by atoms with E-state index in [2.05, 4.69) is 22.5 Å². The predicted octanol–water partition coefficient (Wildman–Crippen LogP) is 0.0314. The second-order valence-electron chi connectivity index (χ2n) is 4.42. The van der Waals surface area contributed by atoms with E-state index >= 15 is 0 Å². The Bertz CT molecular complexity index is 542. The van der Waals surface area contributed by atoms with Gasteiger partial charge in [-0.25, -0.2) is 4.79 Å². The van der Waals surface area contributed by atoms with Crippen LogP contribution in [0.25, 0.3) is 0 Å². The summed E-state index contributed by atoms with van der Waals surface area (Å²) >= 11 is 0. The summed E-state index contributed by atoms with van der Waals surface area (Å²) in [6.45, 7) is 0.522. The van der Waals surface area contributed by atoms with Gasteiger partial charge in [0, 0.05) is 38.3 Å². The second-order valence-corrected chi connectivity index (χ2v) is 4.42. The van der Waals surface area contributed by atoms with Crippen molar-refractivity contribution in [3.8, 4) is 11.8 Å². The summed E-state index contributed by atoms with van der Waals surface area (Å²) in [5, 5.41) is 14.0. The highest BCUT2D eigenvalue weighted by Crippen LogP contribution is 2.03. The van der Waals surface area contributed by atoms with Crippen molar-refractivity contribution < 1.29 is 14.7 Å². The number of aliphatic hydroxyl groups is 1. The van der Waals surface area contributed by atoms with Crippen LogP contribution in [-0.2, 0) is 0 Å². The highest BCUT2D eigenvalue weighted by atomic mass is 16.2. The molecule has 3 N–H and O–H groups in total. The van der Waals surface area contributed by atoms with Crippen molar-refractivity contribution in [3.63, 3.8) is 0 Å². The summed E-state index contributed by atoms with van der Waals surface area (Å²) in [6, 6.07) is 6.55. The van der Waals surface area contributed by atoms with Crippen molar-refractivity contribution in [2.45, 2.75) is 0 Å². The fourth-order valence-electron chi connectivity index (χ4n) is 1.45. The Labute approximate surface area is 124 Å². The molecule has 0 aromatic heterocycles. The summed E-state index contributed by atoms with van der Waals surface area (Å²) in [7, 11) is 3.30. The maximum Gasteiger partial charge on any atom is 0.316 e. The number of nitrogens with zero attached hydrogens (tertiary/aromatic N) is 1. The maximum atomic E-state index is 11.8. The van der Waals surface area contributed by atoms with E-state index < -0.39 is 0 Å². The van der Waals surface area contributed by atoms with Gasteiger partial charge in [-0.1, -0.05) is 11.8 Å². The molecular weight excluding hydrogens is 270 g/mol. The van der Waals surface area contributed by atoms with Gasteiger partial charge >= 0.3 is 6.03 Å². The monoisotopic (exact) mass is 289 g/mol. The van der Waals surface area contributed by atoms with E-state index in [4.69, 9.17) is 5.11 Å². The molecule has 0 unspecified atom stereocenters. The van der Waals surface area contributed by atoms with Crippen molar-refractivity contribution in [3.05, 3.63) is 35.4 Å². The van der Waals surface area contributed by atoms with Crippen molar-refractivity contribution in [1.29, 1.82) is 0 Å². The number of carbonyl (C=O) groups excluding carboxylic acids is 2. The van der Waals surface area contributed by atoms with Gasteiger partial charge in [0.2, 0.25) is 0 Å². The first-order chi connectivity index (χ1) is 10.0. The van der Waals surface area contributed by atoms with Crippen LogP contribution in [0.5, 0.6) is 0 Å². The van der Waals surface area contributed by atoms with Crippen LogP contribution in [0, 0.1) is 11.8 Å². The Morgan fingerprint density at radius 2 is 1.76 bits per heavy atom. The molecule has 1 rings (SSSR count). The first-order valence-corrected chi connectivity index (χ1v) is 6.47. The Balaban J connectivity index is 2.40. The van der Waals surface area contributed by atoms with Crippen LogP contribution in [0.3, 0.4) is 0 Å². The quantitative estimate of drug-likeness (QED) is 0.540. The van der Waals surface area contributed by atoms with Crippen LogP contribution in [0.1, 0.15) is 15.9 Å². The van der Waals surface area contributed by atoms with Crippen molar-refractivity contribution in [2.24, 2.45) is 0 Å². The number of urea groups is 1. The molecule has 0 radical (unpaired) electrons. The summed E-state index contributed by atoms with van der Waals surface area (Å²) in [6.07, 6.45) is 0. The van der Waals surface area contributed by atoms with E-state index in [1.54, 1.807) is 38.4 Å². The molecule has 1 aromatic carbocycles. The molecule has 0 aliphatic rings. The normalized spacial score (nSPS) is 9.29. The Morgan fingerprint density at radius 3 is 2.33 bits per heavy atom.